The molecule has 3 amide bonds. The van der Waals surface area contributed by atoms with Crippen molar-refractivity contribution < 1.29 is 23.9 Å². The number of hydrogen-bond acceptors (Lipinski definition) is 5. The molecular formula is C29H33N3O5. The van der Waals surface area contributed by atoms with Gasteiger partial charge in [0.25, 0.3) is 0 Å². The van der Waals surface area contributed by atoms with Gasteiger partial charge in [-0.25, -0.2) is 0 Å². The Bertz CT molecular complexity index is 1160. The maximum atomic E-state index is 13.1. The third-order valence-electron chi connectivity index (χ3n) is 5.91. The number of ether oxygens (including phenoxy) is 2. The number of carbonyl (C=O) groups is 3. The fourth-order valence-corrected chi connectivity index (χ4v) is 3.57. The van der Waals surface area contributed by atoms with E-state index in [1.165, 1.54) is 0 Å². The zero-order valence-corrected chi connectivity index (χ0v) is 21.1. The van der Waals surface area contributed by atoms with Gasteiger partial charge < -0.3 is 25.8 Å². The lowest BCUT2D eigenvalue weighted by molar-refractivity contribution is -0.127. The fourth-order valence-electron chi connectivity index (χ4n) is 3.57. The summed E-state index contributed by atoms with van der Waals surface area (Å²) < 4.78 is 11.0. The zero-order chi connectivity index (χ0) is 26.6. The van der Waals surface area contributed by atoms with Gasteiger partial charge >= 0.3 is 0 Å². The molecule has 3 rings (SSSR count). The summed E-state index contributed by atoms with van der Waals surface area (Å²) in [4.78, 5) is 37.0. The average molecular weight is 504 g/mol. The largest absolute Gasteiger partial charge is 0.497 e. The van der Waals surface area contributed by atoms with E-state index in [1.807, 2.05) is 54.6 Å². The van der Waals surface area contributed by atoms with Gasteiger partial charge in [-0.3, -0.25) is 14.4 Å². The highest BCUT2D eigenvalue weighted by molar-refractivity contribution is 5.97. The molecule has 0 heterocycles. The minimum Gasteiger partial charge on any atom is -0.497 e. The molecule has 0 spiro atoms. The number of nitrogens with two attached hydrogens (primary N) is 1. The van der Waals surface area contributed by atoms with E-state index in [4.69, 9.17) is 15.2 Å². The summed E-state index contributed by atoms with van der Waals surface area (Å²) in [6.07, 6.45) is 0.669. The highest BCUT2D eigenvalue weighted by atomic mass is 16.5. The van der Waals surface area contributed by atoms with E-state index in [0.717, 1.165) is 11.1 Å². The van der Waals surface area contributed by atoms with Crippen LogP contribution in [-0.2, 0) is 27.4 Å². The van der Waals surface area contributed by atoms with Gasteiger partial charge in [0.1, 0.15) is 24.1 Å². The second-order valence-electron chi connectivity index (χ2n) is 8.80. The molecule has 2 atom stereocenters. The summed E-state index contributed by atoms with van der Waals surface area (Å²) in [5, 5.41) is 5.65. The van der Waals surface area contributed by atoms with Crippen molar-refractivity contribution in [2.75, 3.05) is 12.4 Å². The number of rotatable bonds is 13. The van der Waals surface area contributed by atoms with Crippen LogP contribution in [0.1, 0.15) is 30.9 Å². The predicted molar refractivity (Wildman–Crippen MR) is 142 cm³/mol. The molecule has 0 fully saturated rings. The quantitative estimate of drug-likeness (QED) is 0.327. The van der Waals surface area contributed by atoms with Crippen LogP contribution in [0.2, 0.25) is 0 Å². The molecule has 8 nitrogen and oxygen atoms in total. The minimum atomic E-state index is -0.824. The van der Waals surface area contributed by atoms with Crippen molar-refractivity contribution in [2.45, 2.75) is 38.8 Å². The molecule has 4 N–H and O–H groups in total. The first-order valence-corrected chi connectivity index (χ1v) is 12.1. The highest BCUT2D eigenvalue weighted by Crippen LogP contribution is 2.18. The average Bonchev–Trinajstić information content (AvgIpc) is 2.91. The van der Waals surface area contributed by atoms with E-state index in [-0.39, 0.29) is 24.7 Å². The second-order valence-corrected chi connectivity index (χ2v) is 8.80. The van der Waals surface area contributed by atoms with Crippen LogP contribution in [0.3, 0.4) is 0 Å². The first-order valence-electron chi connectivity index (χ1n) is 12.1. The smallest absolute Gasteiger partial charge is 0.247 e. The maximum absolute atomic E-state index is 13.1. The molecule has 0 aliphatic heterocycles. The molecule has 0 saturated heterocycles. The molecule has 0 saturated carbocycles. The van der Waals surface area contributed by atoms with E-state index in [9.17, 15) is 14.4 Å². The van der Waals surface area contributed by atoms with Crippen LogP contribution in [0.25, 0.3) is 0 Å². The van der Waals surface area contributed by atoms with Crippen LogP contribution in [0.5, 0.6) is 11.5 Å². The topological polar surface area (TPSA) is 120 Å². The molecule has 0 aromatic heterocycles. The van der Waals surface area contributed by atoms with Crippen LogP contribution < -0.4 is 25.8 Å². The Hall–Kier alpha value is -4.33. The number of nitrogens with one attached hydrogen (secondary N) is 2. The molecule has 3 aromatic rings. The third-order valence-corrected chi connectivity index (χ3v) is 5.91. The lowest BCUT2D eigenvalue weighted by Gasteiger charge is -2.19. The van der Waals surface area contributed by atoms with Crippen LogP contribution in [-0.4, -0.2) is 30.9 Å². The van der Waals surface area contributed by atoms with Crippen molar-refractivity contribution >= 4 is 23.4 Å². The van der Waals surface area contributed by atoms with Gasteiger partial charge in [-0.15, -0.1) is 0 Å². The van der Waals surface area contributed by atoms with Crippen molar-refractivity contribution in [1.29, 1.82) is 0 Å². The standard InChI is InChI=1S/C29H33N3O5/c1-20(28(30)34)8-17-27(33)32-26(29(35)31-23-11-15-24(36-2)16-12-23)18-21-9-13-25(14-10-21)37-19-22-6-4-3-5-7-22/h3-7,9-16,20,26H,8,17-19H2,1-2H3,(H2,30,34)(H,31,35)(H,32,33). The lowest BCUT2D eigenvalue weighted by atomic mass is 10.0. The third kappa shape index (κ3) is 9.00. The summed E-state index contributed by atoms with van der Waals surface area (Å²) >= 11 is 0. The van der Waals surface area contributed by atoms with Gasteiger partial charge in [-0.05, 0) is 53.9 Å². The number of benzene rings is 3. The molecular weight excluding hydrogens is 470 g/mol. The monoisotopic (exact) mass is 503 g/mol. The first-order chi connectivity index (χ1) is 17.8. The molecule has 37 heavy (non-hydrogen) atoms. The molecule has 3 aromatic carbocycles. The Morgan fingerprint density at radius 1 is 0.865 bits per heavy atom. The Labute approximate surface area is 217 Å². The van der Waals surface area contributed by atoms with Crippen molar-refractivity contribution in [3.8, 4) is 11.5 Å². The van der Waals surface area contributed by atoms with E-state index in [0.29, 0.717) is 30.2 Å². The summed E-state index contributed by atoms with van der Waals surface area (Å²) in [5.74, 6) is -0.203. The second kappa shape index (κ2) is 13.7. The molecule has 0 aliphatic rings. The summed E-state index contributed by atoms with van der Waals surface area (Å²) in [6.45, 7) is 2.12. The van der Waals surface area contributed by atoms with Gasteiger partial charge in [0.2, 0.25) is 17.7 Å². The van der Waals surface area contributed by atoms with Crippen molar-refractivity contribution in [1.82, 2.24) is 5.32 Å². The van der Waals surface area contributed by atoms with Crippen molar-refractivity contribution in [3.63, 3.8) is 0 Å². The molecule has 8 heteroatoms. The zero-order valence-electron chi connectivity index (χ0n) is 21.1. The van der Waals surface area contributed by atoms with E-state index < -0.39 is 17.9 Å². The van der Waals surface area contributed by atoms with Crippen molar-refractivity contribution in [2.24, 2.45) is 11.7 Å². The number of primary amides is 1. The highest BCUT2D eigenvalue weighted by Gasteiger charge is 2.22. The number of hydrogen-bond donors (Lipinski definition) is 3. The molecule has 0 radical (unpaired) electrons. The lowest BCUT2D eigenvalue weighted by Crippen LogP contribution is -2.45. The number of amides is 3. The molecule has 0 bridgehead atoms. The summed E-state index contributed by atoms with van der Waals surface area (Å²) in [5.41, 5.74) is 7.79. The Morgan fingerprint density at radius 3 is 2.14 bits per heavy atom. The number of anilines is 1. The Morgan fingerprint density at radius 2 is 1.51 bits per heavy atom. The Kier molecular flexibility index (Phi) is 10.1. The summed E-state index contributed by atoms with van der Waals surface area (Å²) in [7, 11) is 1.57. The van der Waals surface area contributed by atoms with Gasteiger partial charge in [-0.1, -0.05) is 49.4 Å². The van der Waals surface area contributed by atoms with Crippen LogP contribution in [0.15, 0.2) is 78.9 Å². The summed E-state index contributed by atoms with van der Waals surface area (Å²) in [6, 6.07) is 23.4. The number of methoxy groups -OCH3 is 1. The SMILES string of the molecule is COc1ccc(NC(=O)C(Cc2ccc(OCc3ccccc3)cc2)NC(=O)CCC(C)C(N)=O)cc1. The molecule has 194 valence electrons. The van der Waals surface area contributed by atoms with E-state index >= 15 is 0 Å². The minimum absolute atomic E-state index is 0.0860. The van der Waals surface area contributed by atoms with E-state index in [1.54, 1.807) is 38.3 Å². The maximum Gasteiger partial charge on any atom is 0.247 e. The van der Waals surface area contributed by atoms with Crippen LogP contribution in [0.4, 0.5) is 5.69 Å². The predicted octanol–water partition coefficient (Wildman–Crippen LogP) is 3.84. The Balaban J connectivity index is 1.65. The fraction of sp³-hybridized carbons (Fsp3) is 0.276. The van der Waals surface area contributed by atoms with Crippen molar-refractivity contribution in [3.05, 3.63) is 90.0 Å². The van der Waals surface area contributed by atoms with Crippen LogP contribution in [0, 0.1) is 5.92 Å². The molecule has 2 unspecified atom stereocenters. The normalized spacial score (nSPS) is 12.2. The van der Waals surface area contributed by atoms with Gasteiger partial charge in [0.05, 0.1) is 7.11 Å². The first kappa shape index (κ1) is 27.3. The van der Waals surface area contributed by atoms with Gasteiger partial charge in [-0.2, -0.15) is 0 Å². The molecule has 0 aliphatic carbocycles. The van der Waals surface area contributed by atoms with Gasteiger partial charge in [0, 0.05) is 24.4 Å². The van der Waals surface area contributed by atoms with Crippen LogP contribution >= 0.6 is 0 Å². The number of carbonyl (C=O) groups excluding carboxylic acids is 3. The van der Waals surface area contributed by atoms with E-state index in [2.05, 4.69) is 10.6 Å². The van der Waals surface area contributed by atoms with Gasteiger partial charge in [0.15, 0.2) is 0 Å².